The maximum absolute atomic E-state index is 11.7. The number of piperidine rings is 1. The second-order valence-corrected chi connectivity index (χ2v) is 5.28. The lowest BCUT2D eigenvalue weighted by molar-refractivity contribution is -0.143. The molecule has 2 fully saturated rings. The molecule has 1 aliphatic carbocycles. The van der Waals surface area contributed by atoms with Crippen LogP contribution in [0.1, 0.15) is 32.1 Å². The smallest absolute Gasteiger partial charge is 0.311 e. The van der Waals surface area contributed by atoms with Crippen molar-refractivity contribution >= 4 is 11.9 Å². The lowest BCUT2D eigenvalue weighted by Gasteiger charge is -2.22. The third kappa shape index (κ3) is 3.19. The minimum Gasteiger partial charge on any atom is -0.481 e. The van der Waals surface area contributed by atoms with E-state index in [-0.39, 0.29) is 5.91 Å². The highest BCUT2D eigenvalue weighted by atomic mass is 16.4. The molecule has 2 aliphatic rings. The van der Waals surface area contributed by atoms with E-state index < -0.39 is 11.4 Å². The molecule has 0 aromatic heterocycles. The average molecular weight is 240 g/mol. The standard InChI is InChI=1S/C12H20N2O3/c15-10(6-9-2-1-5-13-7-9)14-8-12(3-4-12)11(16)17/h9,13H,1-8H2,(H,14,15)(H,16,17). The first-order chi connectivity index (χ1) is 8.12. The van der Waals surface area contributed by atoms with E-state index in [1.165, 1.54) is 0 Å². The first-order valence-corrected chi connectivity index (χ1v) is 6.33. The van der Waals surface area contributed by atoms with Crippen molar-refractivity contribution in [1.82, 2.24) is 10.6 Å². The Hall–Kier alpha value is -1.10. The molecule has 2 rings (SSSR count). The third-order valence-corrected chi connectivity index (χ3v) is 3.80. The van der Waals surface area contributed by atoms with Crippen molar-refractivity contribution in [3.05, 3.63) is 0 Å². The number of carbonyl (C=O) groups excluding carboxylic acids is 1. The fourth-order valence-corrected chi connectivity index (χ4v) is 2.32. The number of carbonyl (C=O) groups is 2. The molecule has 96 valence electrons. The summed E-state index contributed by atoms with van der Waals surface area (Å²) in [7, 11) is 0. The summed E-state index contributed by atoms with van der Waals surface area (Å²) in [6, 6.07) is 0. The number of hydrogen-bond acceptors (Lipinski definition) is 3. The predicted octanol–water partition coefficient (Wildman–Crippen LogP) is 0.357. The van der Waals surface area contributed by atoms with E-state index in [1.807, 2.05) is 0 Å². The summed E-state index contributed by atoms with van der Waals surface area (Å²) in [6.45, 7) is 2.24. The molecule has 0 aromatic rings. The lowest BCUT2D eigenvalue weighted by Crippen LogP contribution is -2.37. The summed E-state index contributed by atoms with van der Waals surface area (Å²) in [6.07, 6.45) is 4.10. The Balaban J connectivity index is 1.69. The van der Waals surface area contributed by atoms with Crippen LogP contribution in [0.25, 0.3) is 0 Å². The summed E-state index contributed by atoms with van der Waals surface area (Å²) in [5.41, 5.74) is -0.652. The van der Waals surface area contributed by atoms with Gasteiger partial charge in [-0.25, -0.2) is 0 Å². The number of carboxylic acids is 1. The molecular weight excluding hydrogens is 220 g/mol. The van der Waals surface area contributed by atoms with Gasteiger partial charge in [-0.15, -0.1) is 0 Å². The Kier molecular flexibility index (Phi) is 3.66. The molecule has 5 heteroatoms. The van der Waals surface area contributed by atoms with Crippen LogP contribution < -0.4 is 10.6 Å². The van der Waals surface area contributed by atoms with Gasteiger partial charge >= 0.3 is 5.97 Å². The van der Waals surface area contributed by atoms with Crippen molar-refractivity contribution in [3.8, 4) is 0 Å². The van der Waals surface area contributed by atoms with E-state index in [2.05, 4.69) is 10.6 Å². The molecule has 0 spiro atoms. The van der Waals surface area contributed by atoms with Gasteiger partial charge in [0.2, 0.25) is 5.91 Å². The summed E-state index contributed by atoms with van der Waals surface area (Å²) in [4.78, 5) is 22.6. The van der Waals surface area contributed by atoms with Gasteiger partial charge in [0.05, 0.1) is 5.41 Å². The van der Waals surface area contributed by atoms with Crippen molar-refractivity contribution in [2.75, 3.05) is 19.6 Å². The van der Waals surface area contributed by atoms with Crippen molar-refractivity contribution in [2.45, 2.75) is 32.1 Å². The van der Waals surface area contributed by atoms with Gasteiger partial charge in [0.1, 0.15) is 0 Å². The molecule has 1 atom stereocenters. The minimum absolute atomic E-state index is 0.00812. The fourth-order valence-electron chi connectivity index (χ4n) is 2.32. The zero-order valence-electron chi connectivity index (χ0n) is 10.00. The van der Waals surface area contributed by atoms with E-state index in [0.717, 1.165) is 25.9 Å². The van der Waals surface area contributed by atoms with E-state index in [4.69, 9.17) is 5.11 Å². The van der Waals surface area contributed by atoms with Gasteiger partial charge in [-0.2, -0.15) is 0 Å². The largest absolute Gasteiger partial charge is 0.481 e. The zero-order chi connectivity index (χ0) is 12.3. The molecule has 1 heterocycles. The fraction of sp³-hybridized carbons (Fsp3) is 0.833. The maximum Gasteiger partial charge on any atom is 0.311 e. The molecule has 5 nitrogen and oxygen atoms in total. The second-order valence-electron chi connectivity index (χ2n) is 5.28. The number of amides is 1. The van der Waals surface area contributed by atoms with Crippen molar-refractivity contribution in [3.63, 3.8) is 0 Å². The number of carboxylic acid groups (broad SMARTS) is 1. The molecule has 1 aliphatic heterocycles. The van der Waals surface area contributed by atoms with Crippen LogP contribution in [-0.4, -0.2) is 36.6 Å². The minimum atomic E-state index is -0.780. The Morgan fingerprint density at radius 1 is 1.41 bits per heavy atom. The van der Waals surface area contributed by atoms with Gasteiger partial charge in [0, 0.05) is 13.0 Å². The van der Waals surface area contributed by atoms with E-state index in [9.17, 15) is 9.59 Å². The molecule has 1 saturated heterocycles. The normalized spacial score (nSPS) is 26.2. The summed E-state index contributed by atoms with van der Waals surface area (Å²) in [5.74, 6) is -0.382. The molecule has 1 amide bonds. The number of aliphatic carboxylic acids is 1. The van der Waals surface area contributed by atoms with Crippen molar-refractivity contribution in [2.24, 2.45) is 11.3 Å². The van der Waals surface area contributed by atoms with E-state index >= 15 is 0 Å². The summed E-state index contributed by atoms with van der Waals surface area (Å²) in [5, 5.41) is 15.0. The van der Waals surface area contributed by atoms with Crippen LogP contribution in [0.4, 0.5) is 0 Å². The number of rotatable bonds is 5. The van der Waals surface area contributed by atoms with Crippen LogP contribution >= 0.6 is 0 Å². The van der Waals surface area contributed by atoms with Crippen LogP contribution in [0.5, 0.6) is 0 Å². The van der Waals surface area contributed by atoms with Gasteiger partial charge in [0.15, 0.2) is 0 Å². The SMILES string of the molecule is O=C(CC1CCCNC1)NCC1(C(=O)O)CC1. The van der Waals surface area contributed by atoms with Crippen LogP contribution in [-0.2, 0) is 9.59 Å². The van der Waals surface area contributed by atoms with E-state index in [1.54, 1.807) is 0 Å². The highest BCUT2D eigenvalue weighted by Crippen LogP contribution is 2.45. The highest BCUT2D eigenvalue weighted by Gasteiger charge is 2.50. The molecule has 1 saturated carbocycles. The van der Waals surface area contributed by atoms with Gasteiger partial charge in [-0.05, 0) is 44.7 Å². The van der Waals surface area contributed by atoms with Crippen LogP contribution in [0, 0.1) is 11.3 Å². The Morgan fingerprint density at radius 3 is 2.71 bits per heavy atom. The molecule has 17 heavy (non-hydrogen) atoms. The molecular formula is C12H20N2O3. The van der Waals surface area contributed by atoms with E-state index in [0.29, 0.717) is 31.7 Å². The summed E-state index contributed by atoms with van der Waals surface area (Å²) >= 11 is 0. The highest BCUT2D eigenvalue weighted by molar-refractivity contribution is 5.81. The first-order valence-electron chi connectivity index (χ1n) is 6.33. The topological polar surface area (TPSA) is 78.4 Å². The van der Waals surface area contributed by atoms with Crippen LogP contribution in [0.15, 0.2) is 0 Å². The van der Waals surface area contributed by atoms with Gasteiger partial charge in [-0.1, -0.05) is 0 Å². The van der Waals surface area contributed by atoms with Crippen molar-refractivity contribution < 1.29 is 14.7 Å². The zero-order valence-corrected chi connectivity index (χ0v) is 10.00. The quantitative estimate of drug-likeness (QED) is 0.648. The Morgan fingerprint density at radius 2 is 2.18 bits per heavy atom. The Bertz CT molecular complexity index is 307. The van der Waals surface area contributed by atoms with Gasteiger partial charge in [-0.3, -0.25) is 9.59 Å². The monoisotopic (exact) mass is 240 g/mol. The predicted molar refractivity (Wildman–Crippen MR) is 62.5 cm³/mol. The number of nitrogens with one attached hydrogen (secondary N) is 2. The molecule has 1 unspecified atom stereocenters. The third-order valence-electron chi connectivity index (χ3n) is 3.80. The molecule has 0 radical (unpaired) electrons. The maximum atomic E-state index is 11.7. The van der Waals surface area contributed by atoms with Gasteiger partial charge < -0.3 is 15.7 Å². The van der Waals surface area contributed by atoms with Crippen LogP contribution in [0.3, 0.4) is 0 Å². The van der Waals surface area contributed by atoms with Crippen molar-refractivity contribution in [1.29, 1.82) is 0 Å². The number of hydrogen-bond donors (Lipinski definition) is 3. The molecule has 3 N–H and O–H groups in total. The Labute approximate surface area is 101 Å². The first kappa shape index (κ1) is 12.4. The second kappa shape index (κ2) is 5.04. The lowest BCUT2D eigenvalue weighted by atomic mass is 9.96. The molecule has 0 aromatic carbocycles. The van der Waals surface area contributed by atoms with Crippen LogP contribution in [0.2, 0.25) is 0 Å². The molecule has 0 bridgehead atoms. The summed E-state index contributed by atoms with van der Waals surface area (Å²) < 4.78 is 0. The average Bonchev–Trinajstić information content (AvgIpc) is 3.09. The van der Waals surface area contributed by atoms with Gasteiger partial charge in [0.25, 0.3) is 0 Å².